The molecule has 2 heteroatoms. The molecule has 0 radical (unpaired) electrons. The molecule has 0 aliphatic carbocycles. The maximum absolute atomic E-state index is 11.5. The summed E-state index contributed by atoms with van der Waals surface area (Å²) < 4.78 is 5.30. The number of esters is 1. The van der Waals surface area contributed by atoms with Crippen molar-refractivity contribution in [1.29, 1.82) is 0 Å². The van der Waals surface area contributed by atoms with Gasteiger partial charge in [0.2, 0.25) is 0 Å². The molecule has 0 saturated carbocycles. The van der Waals surface area contributed by atoms with Gasteiger partial charge in [0.25, 0.3) is 0 Å². The van der Waals surface area contributed by atoms with E-state index >= 15 is 0 Å². The van der Waals surface area contributed by atoms with Crippen LogP contribution in [0.25, 0.3) is 0 Å². The van der Waals surface area contributed by atoms with Crippen LogP contribution in [0.1, 0.15) is 106 Å². The monoisotopic (exact) mass is 298 g/mol. The molecule has 0 aliphatic heterocycles. The topological polar surface area (TPSA) is 26.3 Å². The highest BCUT2D eigenvalue weighted by Crippen LogP contribution is 2.22. The Kier molecular flexibility index (Phi) is 9.98. The van der Waals surface area contributed by atoms with Gasteiger partial charge in [-0.15, -0.1) is 0 Å². The summed E-state index contributed by atoms with van der Waals surface area (Å²) in [5.41, 5.74) is 0.145. The van der Waals surface area contributed by atoms with Crippen LogP contribution >= 0.6 is 0 Å². The molecule has 0 fully saturated rings. The van der Waals surface area contributed by atoms with Gasteiger partial charge in [0.05, 0.1) is 0 Å². The average molecular weight is 299 g/mol. The molecule has 0 spiro atoms. The molecule has 0 aliphatic rings. The maximum Gasteiger partial charge on any atom is 0.306 e. The van der Waals surface area contributed by atoms with Crippen LogP contribution in [-0.2, 0) is 9.53 Å². The Morgan fingerprint density at radius 2 is 1.14 bits per heavy atom. The van der Waals surface area contributed by atoms with Gasteiger partial charge in [0.1, 0.15) is 5.60 Å². The van der Waals surface area contributed by atoms with E-state index in [0.29, 0.717) is 11.8 Å². The zero-order chi connectivity index (χ0) is 16.4. The standard InChI is InChI=1S/C19H38O2/c1-18(2,3)16-14-12-10-8-7-9-11-13-15-17(20)21-19(4,5)6/h7-16H2,1-6H3. The fraction of sp³-hybridized carbons (Fsp3) is 0.947. The lowest BCUT2D eigenvalue weighted by molar-refractivity contribution is -0.154. The first-order valence-electron chi connectivity index (χ1n) is 8.82. The third kappa shape index (κ3) is 17.4. The molecule has 0 aromatic carbocycles. The van der Waals surface area contributed by atoms with Gasteiger partial charge in [0.15, 0.2) is 0 Å². The van der Waals surface area contributed by atoms with Crippen molar-refractivity contribution in [2.24, 2.45) is 5.41 Å². The molecular weight excluding hydrogens is 260 g/mol. The van der Waals surface area contributed by atoms with Gasteiger partial charge >= 0.3 is 5.97 Å². The number of carbonyl (C=O) groups excluding carboxylic acids is 1. The Bertz CT molecular complexity index is 268. The lowest BCUT2D eigenvalue weighted by Gasteiger charge is -2.19. The first-order chi connectivity index (χ1) is 9.60. The van der Waals surface area contributed by atoms with Crippen LogP contribution in [0.15, 0.2) is 0 Å². The van der Waals surface area contributed by atoms with Gasteiger partial charge in [-0.2, -0.15) is 0 Å². The highest BCUT2D eigenvalue weighted by atomic mass is 16.6. The molecule has 0 rings (SSSR count). The van der Waals surface area contributed by atoms with E-state index < -0.39 is 0 Å². The average Bonchev–Trinajstić information content (AvgIpc) is 2.27. The molecular formula is C19H38O2. The molecule has 0 unspecified atom stereocenters. The van der Waals surface area contributed by atoms with Crippen molar-refractivity contribution in [1.82, 2.24) is 0 Å². The number of rotatable bonds is 10. The van der Waals surface area contributed by atoms with E-state index in [1.54, 1.807) is 0 Å². The Morgan fingerprint density at radius 3 is 1.57 bits per heavy atom. The summed E-state index contributed by atoms with van der Waals surface area (Å²) in [7, 11) is 0. The molecule has 126 valence electrons. The quantitative estimate of drug-likeness (QED) is 0.350. The van der Waals surface area contributed by atoms with Crippen molar-refractivity contribution in [2.45, 2.75) is 111 Å². The van der Waals surface area contributed by atoms with Crippen LogP contribution in [-0.4, -0.2) is 11.6 Å². The Morgan fingerprint density at radius 1 is 0.714 bits per heavy atom. The minimum atomic E-state index is -0.343. The predicted octanol–water partition coefficient (Wildman–Crippen LogP) is 6.28. The summed E-state index contributed by atoms with van der Waals surface area (Å²) in [6.45, 7) is 12.7. The van der Waals surface area contributed by atoms with E-state index in [9.17, 15) is 4.79 Å². The smallest absolute Gasteiger partial charge is 0.306 e. The third-order valence-corrected chi connectivity index (χ3v) is 3.48. The largest absolute Gasteiger partial charge is 0.460 e. The minimum absolute atomic E-state index is 0.0512. The van der Waals surface area contributed by atoms with Gasteiger partial charge in [-0.25, -0.2) is 0 Å². The summed E-state index contributed by atoms with van der Waals surface area (Å²) in [5, 5.41) is 0. The van der Waals surface area contributed by atoms with E-state index in [2.05, 4.69) is 20.8 Å². The first kappa shape index (κ1) is 20.5. The fourth-order valence-electron chi connectivity index (χ4n) is 2.38. The van der Waals surface area contributed by atoms with Crippen molar-refractivity contribution < 1.29 is 9.53 Å². The summed E-state index contributed by atoms with van der Waals surface area (Å²) in [6, 6.07) is 0. The highest BCUT2D eigenvalue weighted by Gasteiger charge is 2.15. The van der Waals surface area contributed by atoms with Gasteiger partial charge in [-0.05, 0) is 39.0 Å². The number of hydrogen-bond acceptors (Lipinski definition) is 2. The van der Waals surface area contributed by atoms with E-state index in [4.69, 9.17) is 4.74 Å². The second-order valence-corrected chi connectivity index (χ2v) is 8.48. The maximum atomic E-state index is 11.5. The SMILES string of the molecule is CC(C)(C)CCCCCCCCCCC(=O)OC(C)(C)C. The molecule has 0 N–H and O–H groups in total. The third-order valence-electron chi connectivity index (χ3n) is 3.48. The van der Waals surface area contributed by atoms with Gasteiger partial charge in [0, 0.05) is 6.42 Å². The Hall–Kier alpha value is -0.530. The molecule has 0 atom stereocenters. The Labute approximate surface area is 133 Å². The van der Waals surface area contributed by atoms with E-state index in [-0.39, 0.29) is 11.6 Å². The second-order valence-electron chi connectivity index (χ2n) is 8.48. The van der Waals surface area contributed by atoms with Crippen LogP contribution in [0, 0.1) is 5.41 Å². The van der Waals surface area contributed by atoms with Crippen LogP contribution < -0.4 is 0 Å². The zero-order valence-corrected chi connectivity index (χ0v) is 15.4. The lowest BCUT2D eigenvalue weighted by atomic mass is 9.89. The summed E-state index contributed by atoms with van der Waals surface area (Å²) in [5.74, 6) is -0.0512. The number of carbonyl (C=O) groups is 1. The van der Waals surface area contributed by atoms with Crippen LogP contribution in [0.3, 0.4) is 0 Å². The second kappa shape index (κ2) is 10.2. The highest BCUT2D eigenvalue weighted by molar-refractivity contribution is 5.69. The van der Waals surface area contributed by atoms with Gasteiger partial charge in [-0.3, -0.25) is 4.79 Å². The van der Waals surface area contributed by atoms with Crippen molar-refractivity contribution >= 4 is 5.97 Å². The van der Waals surface area contributed by atoms with E-state index in [1.165, 1.54) is 44.9 Å². The summed E-state index contributed by atoms with van der Waals surface area (Å²) in [6.07, 6.45) is 12.0. The number of unbranched alkanes of at least 4 members (excludes halogenated alkanes) is 7. The van der Waals surface area contributed by atoms with Crippen molar-refractivity contribution in [3.8, 4) is 0 Å². The summed E-state index contributed by atoms with van der Waals surface area (Å²) in [4.78, 5) is 11.5. The molecule has 2 nitrogen and oxygen atoms in total. The zero-order valence-electron chi connectivity index (χ0n) is 15.4. The van der Waals surface area contributed by atoms with Crippen molar-refractivity contribution in [2.75, 3.05) is 0 Å². The van der Waals surface area contributed by atoms with Crippen LogP contribution in [0.4, 0.5) is 0 Å². The summed E-state index contributed by atoms with van der Waals surface area (Å²) >= 11 is 0. The van der Waals surface area contributed by atoms with Crippen molar-refractivity contribution in [3.05, 3.63) is 0 Å². The van der Waals surface area contributed by atoms with E-state index in [0.717, 1.165) is 12.8 Å². The molecule has 0 heterocycles. The first-order valence-corrected chi connectivity index (χ1v) is 8.82. The van der Waals surface area contributed by atoms with E-state index in [1.807, 2.05) is 20.8 Å². The molecule has 0 saturated heterocycles. The van der Waals surface area contributed by atoms with Gasteiger partial charge < -0.3 is 4.74 Å². The normalized spacial score (nSPS) is 12.5. The lowest BCUT2D eigenvalue weighted by Crippen LogP contribution is -2.23. The minimum Gasteiger partial charge on any atom is -0.460 e. The molecule has 0 aromatic heterocycles. The molecule has 0 bridgehead atoms. The number of ether oxygens (including phenoxy) is 1. The Balaban J connectivity index is 3.28. The van der Waals surface area contributed by atoms with Crippen LogP contribution in [0.2, 0.25) is 0 Å². The fourth-order valence-corrected chi connectivity index (χ4v) is 2.38. The molecule has 0 aromatic rings. The molecule has 0 amide bonds. The number of hydrogen-bond donors (Lipinski definition) is 0. The van der Waals surface area contributed by atoms with Gasteiger partial charge in [-0.1, -0.05) is 65.7 Å². The van der Waals surface area contributed by atoms with Crippen LogP contribution in [0.5, 0.6) is 0 Å². The van der Waals surface area contributed by atoms with Crippen molar-refractivity contribution in [3.63, 3.8) is 0 Å². The predicted molar refractivity (Wildman–Crippen MR) is 91.5 cm³/mol. The molecule has 21 heavy (non-hydrogen) atoms.